The molecule has 0 aromatic heterocycles. The van der Waals surface area contributed by atoms with Crippen LogP contribution in [0.4, 0.5) is 17.1 Å². The quantitative estimate of drug-likeness (QED) is 0.230. The number of rotatable bonds is 6. The summed E-state index contributed by atoms with van der Waals surface area (Å²) < 4.78 is 0. The van der Waals surface area contributed by atoms with E-state index in [9.17, 15) is 14.9 Å². The van der Waals surface area contributed by atoms with Gasteiger partial charge in [-0.1, -0.05) is 54.6 Å². The van der Waals surface area contributed by atoms with Gasteiger partial charge in [0.25, 0.3) is 11.6 Å². The lowest BCUT2D eigenvalue weighted by Gasteiger charge is -2.23. The molecule has 34 heavy (non-hydrogen) atoms. The number of nitrogens with zero attached hydrogens (tertiary/aromatic N) is 2. The first-order chi connectivity index (χ1) is 16.6. The third kappa shape index (κ3) is 4.46. The maximum atomic E-state index is 13.0. The van der Waals surface area contributed by atoms with Crippen LogP contribution in [0.1, 0.15) is 23.1 Å². The van der Waals surface area contributed by atoms with Crippen molar-refractivity contribution in [2.24, 2.45) is 0 Å². The van der Waals surface area contributed by atoms with Crippen molar-refractivity contribution in [2.75, 3.05) is 23.7 Å². The zero-order valence-electron chi connectivity index (χ0n) is 18.5. The van der Waals surface area contributed by atoms with Crippen LogP contribution in [0.2, 0.25) is 0 Å². The van der Waals surface area contributed by atoms with Gasteiger partial charge in [0.15, 0.2) is 0 Å². The van der Waals surface area contributed by atoms with Crippen LogP contribution in [-0.4, -0.2) is 28.8 Å². The lowest BCUT2D eigenvalue weighted by atomic mass is 9.99. The van der Waals surface area contributed by atoms with Crippen molar-refractivity contribution < 1.29 is 9.72 Å². The highest BCUT2D eigenvalue weighted by Crippen LogP contribution is 2.39. The number of benzene rings is 3. The zero-order valence-corrected chi connectivity index (χ0v) is 18.5. The molecule has 1 amide bonds. The molecule has 0 radical (unpaired) electrons. The molecule has 2 heterocycles. The summed E-state index contributed by atoms with van der Waals surface area (Å²) in [7, 11) is 0. The normalized spacial score (nSPS) is 16.6. The number of nitro groups is 1. The van der Waals surface area contributed by atoms with Crippen molar-refractivity contribution in [3.8, 4) is 0 Å². The minimum atomic E-state index is -0.451. The largest absolute Gasteiger partial charge is 0.354 e. The zero-order chi connectivity index (χ0) is 23.5. The van der Waals surface area contributed by atoms with Crippen molar-refractivity contribution in [2.45, 2.75) is 13.0 Å². The average molecular weight is 453 g/mol. The lowest BCUT2D eigenvalue weighted by Crippen LogP contribution is -2.26. The molecule has 0 aliphatic carbocycles. The number of amides is 1. The summed E-state index contributed by atoms with van der Waals surface area (Å²) >= 11 is 0. The Kier molecular flexibility index (Phi) is 5.93. The van der Waals surface area contributed by atoms with Crippen molar-refractivity contribution >= 4 is 34.2 Å². The van der Waals surface area contributed by atoms with Crippen molar-refractivity contribution in [1.82, 2.24) is 4.90 Å². The molecular formula is C27H24N4O3. The monoisotopic (exact) mass is 452 g/mol. The average Bonchev–Trinajstić information content (AvgIpc) is 3.19. The van der Waals surface area contributed by atoms with Crippen molar-refractivity contribution in [3.05, 3.63) is 112 Å². The van der Waals surface area contributed by atoms with Gasteiger partial charge in [0.2, 0.25) is 0 Å². The standard InChI is InChI=1S/C27H24N4O3/c32-27-25(23-17-22(31(33)34)13-14-24(23)29-27)26(20-7-3-1-4-8-20)28-21-11-9-19(10-12-21)18-30-15-5-2-6-16-30/h1-5,7-14,17,28H,6,15-16,18H2,(H,29,32)/b26-25-. The van der Waals surface area contributed by atoms with Crippen LogP contribution in [0, 0.1) is 10.1 Å². The van der Waals surface area contributed by atoms with Gasteiger partial charge in [-0.25, -0.2) is 0 Å². The van der Waals surface area contributed by atoms with Gasteiger partial charge in [0.05, 0.1) is 16.2 Å². The first kappa shape index (κ1) is 21.6. The lowest BCUT2D eigenvalue weighted by molar-refractivity contribution is -0.384. The molecule has 0 bridgehead atoms. The molecule has 2 aliphatic rings. The summed E-state index contributed by atoms with van der Waals surface area (Å²) in [5, 5.41) is 17.6. The van der Waals surface area contributed by atoms with Crippen LogP contribution in [0.15, 0.2) is 84.9 Å². The molecule has 0 fully saturated rings. The molecule has 7 nitrogen and oxygen atoms in total. The molecule has 7 heteroatoms. The molecule has 3 aromatic carbocycles. The van der Waals surface area contributed by atoms with Crippen LogP contribution in [0.25, 0.3) is 11.3 Å². The number of carbonyl (C=O) groups excluding carboxylic acids is 1. The maximum Gasteiger partial charge on any atom is 0.270 e. The number of nitro benzene ring substituents is 1. The summed E-state index contributed by atoms with van der Waals surface area (Å²) in [6.07, 6.45) is 5.50. The highest BCUT2D eigenvalue weighted by atomic mass is 16.6. The fraction of sp³-hybridized carbons (Fsp3) is 0.148. The number of nitrogens with one attached hydrogen (secondary N) is 2. The highest BCUT2D eigenvalue weighted by Gasteiger charge is 2.30. The Morgan fingerprint density at radius 2 is 1.82 bits per heavy atom. The van der Waals surface area contributed by atoms with E-state index in [1.54, 1.807) is 6.07 Å². The van der Waals surface area contributed by atoms with Crippen LogP contribution in [0.5, 0.6) is 0 Å². The third-order valence-corrected chi connectivity index (χ3v) is 6.04. The smallest absolute Gasteiger partial charge is 0.270 e. The van der Waals surface area contributed by atoms with Crippen LogP contribution in [0.3, 0.4) is 0 Å². The van der Waals surface area contributed by atoms with Crippen LogP contribution in [-0.2, 0) is 11.3 Å². The fourth-order valence-corrected chi connectivity index (χ4v) is 4.33. The van der Waals surface area contributed by atoms with Crippen LogP contribution < -0.4 is 10.6 Å². The van der Waals surface area contributed by atoms with E-state index in [0.717, 1.165) is 37.3 Å². The molecule has 0 atom stereocenters. The Morgan fingerprint density at radius 3 is 2.53 bits per heavy atom. The first-order valence-electron chi connectivity index (χ1n) is 11.2. The van der Waals surface area contributed by atoms with Gasteiger partial charge in [-0.2, -0.15) is 0 Å². The number of non-ortho nitro benzene ring substituents is 1. The summed E-state index contributed by atoms with van der Waals surface area (Å²) in [6.45, 7) is 2.91. The molecule has 170 valence electrons. The van der Waals surface area contributed by atoms with E-state index < -0.39 is 4.92 Å². The SMILES string of the molecule is O=C1Nc2ccc([N+](=O)[O-])cc2/C1=C(/Nc1ccc(CN2CC=CCC2)cc1)c1ccccc1. The maximum absolute atomic E-state index is 13.0. The second-order valence-electron chi connectivity index (χ2n) is 8.37. The number of hydrogen-bond acceptors (Lipinski definition) is 5. The first-order valence-corrected chi connectivity index (χ1v) is 11.2. The second-order valence-corrected chi connectivity index (χ2v) is 8.37. The Balaban J connectivity index is 1.51. The minimum absolute atomic E-state index is 0.0583. The molecule has 2 N–H and O–H groups in total. The molecule has 0 saturated carbocycles. The van der Waals surface area contributed by atoms with E-state index in [4.69, 9.17) is 0 Å². The Hall–Kier alpha value is -4.23. The molecule has 5 rings (SSSR count). The van der Waals surface area contributed by atoms with Crippen LogP contribution >= 0.6 is 0 Å². The number of hydrogen-bond donors (Lipinski definition) is 2. The van der Waals surface area contributed by atoms with Gasteiger partial charge in [0.1, 0.15) is 0 Å². The fourth-order valence-electron chi connectivity index (χ4n) is 4.33. The Labute approximate surface area is 197 Å². The van der Waals surface area contributed by atoms with Crippen molar-refractivity contribution in [1.29, 1.82) is 0 Å². The number of carbonyl (C=O) groups is 1. The Bertz CT molecular complexity index is 1300. The van der Waals surface area contributed by atoms with E-state index in [1.165, 1.54) is 17.7 Å². The van der Waals surface area contributed by atoms with Gasteiger partial charge in [0, 0.05) is 48.7 Å². The summed E-state index contributed by atoms with van der Waals surface area (Å²) in [5.74, 6) is -0.295. The van der Waals surface area contributed by atoms with E-state index >= 15 is 0 Å². The van der Waals surface area contributed by atoms with Crippen molar-refractivity contribution in [3.63, 3.8) is 0 Å². The topological polar surface area (TPSA) is 87.5 Å². The van der Waals surface area contributed by atoms with Gasteiger partial charge in [-0.3, -0.25) is 19.8 Å². The minimum Gasteiger partial charge on any atom is -0.354 e. The Morgan fingerprint density at radius 1 is 1.03 bits per heavy atom. The molecule has 3 aromatic rings. The second kappa shape index (κ2) is 9.33. The van der Waals surface area contributed by atoms with Gasteiger partial charge in [-0.05, 0) is 35.7 Å². The molecule has 0 spiro atoms. The summed E-state index contributed by atoms with van der Waals surface area (Å²) in [6, 6.07) is 22.1. The van der Waals surface area contributed by atoms with E-state index in [-0.39, 0.29) is 11.6 Å². The van der Waals surface area contributed by atoms with E-state index in [0.29, 0.717) is 22.5 Å². The van der Waals surface area contributed by atoms with Gasteiger partial charge >= 0.3 is 0 Å². The highest BCUT2D eigenvalue weighted by molar-refractivity contribution is 6.37. The predicted molar refractivity (Wildman–Crippen MR) is 134 cm³/mol. The number of fused-ring (bicyclic) bond motifs is 1. The third-order valence-electron chi connectivity index (χ3n) is 6.04. The molecule has 2 aliphatic heterocycles. The predicted octanol–water partition coefficient (Wildman–Crippen LogP) is 5.29. The molecular weight excluding hydrogens is 428 g/mol. The summed E-state index contributed by atoms with van der Waals surface area (Å²) in [4.78, 5) is 26.3. The molecule has 0 saturated heterocycles. The molecule has 0 unspecified atom stereocenters. The van der Waals surface area contributed by atoms with E-state index in [2.05, 4.69) is 39.8 Å². The van der Waals surface area contributed by atoms with Gasteiger partial charge in [-0.15, -0.1) is 0 Å². The van der Waals surface area contributed by atoms with E-state index in [1.807, 2.05) is 42.5 Å². The number of anilines is 2. The summed E-state index contributed by atoms with van der Waals surface area (Å²) in [5.41, 5.74) is 4.87. The van der Waals surface area contributed by atoms with Gasteiger partial charge < -0.3 is 10.6 Å².